The van der Waals surface area contributed by atoms with Crippen LogP contribution in [-0.2, 0) is 13.0 Å². The number of aryl methyl sites for hydroxylation is 2. The maximum absolute atomic E-state index is 6.35. The Morgan fingerprint density at radius 2 is 2.12 bits per heavy atom. The van der Waals surface area contributed by atoms with E-state index in [9.17, 15) is 0 Å². The number of aromatic nitrogens is 2. The van der Waals surface area contributed by atoms with Gasteiger partial charge in [0.15, 0.2) is 0 Å². The summed E-state index contributed by atoms with van der Waals surface area (Å²) in [5, 5.41) is 5.33. The molecule has 0 spiro atoms. The van der Waals surface area contributed by atoms with Crippen molar-refractivity contribution in [3.63, 3.8) is 0 Å². The second kappa shape index (κ2) is 5.40. The second-order valence-corrected chi connectivity index (χ2v) is 5.43. The van der Waals surface area contributed by atoms with Gasteiger partial charge in [-0.3, -0.25) is 4.68 Å². The van der Waals surface area contributed by atoms with Crippen molar-refractivity contribution < 1.29 is 0 Å². The summed E-state index contributed by atoms with van der Waals surface area (Å²) < 4.78 is 2.05. The lowest BCUT2D eigenvalue weighted by atomic mass is 9.91. The SMILES string of the molecule is CCn1nc(C)c(Cl)c1CC1CCCC1CN. The lowest BCUT2D eigenvalue weighted by Gasteiger charge is -2.18. The normalized spacial score (nSPS) is 24.5. The molecule has 1 heterocycles. The van der Waals surface area contributed by atoms with E-state index in [1.54, 1.807) is 0 Å². The lowest BCUT2D eigenvalue weighted by Crippen LogP contribution is -2.21. The van der Waals surface area contributed by atoms with Crippen LogP contribution in [0.2, 0.25) is 5.02 Å². The summed E-state index contributed by atoms with van der Waals surface area (Å²) in [7, 11) is 0. The largest absolute Gasteiger partial charge is 0.330 e. The number of halogens is 1. The van der Waals surface area contributed by atoms with E-state index in [0.717, 1.165) is 30.2 Å². The van der Waals surface area contributed by atoms with Gasteiger partial charge in [0.2, 0.25) is 0 Å². The number of hydrogen-bond donors (Lipinski definition) is 1. The summed E-state index contributed by atoms with van der Waals surface area (Å²) >= 11 is 6.35. The van der Waals surface area contributed by atoms with Crippen molar-refractivity contribution in [2.45, 2.75) is 46.1 Å². The van der Waals surface area contributed by atoms with E-state index < -0.39 is 0 Å². The molecule has 1 saturated carbocycles. The van der Waals surface area contributed by atoms with Gasteiger partial charge in [0, 0.05) is 6.54 Å². The van der Waals surface area contributed by atoms with Crippen LogP contribution in [-0.4, -0.2) is 16.3 Å². The maximum atomic E-state index is 6.35. The third-order valence-electron chi connectivity index (χ3n) is 4.03. The van der Waals surface area contributed by atoms with Crippen molar-refractivity contribution in [3.8, 4) is 0 Å². The molecule has 2 unspecified atom stereocenters. The van der Waals surface area contributed by atoms with Crippen molar-refractivity contribution in [1.82, 2.24) is 9.78 Å². The zero-order valence-electron chi connectivity index (χ0n) is 10.7. The monoisotopic (exact) mass is 255 g/mol. The average Bonchev–Trinajstić information content (AvgIpc) is 2.88. The lowest BCUT2D eigenvalue weighted by molar-refractivity contribution is 0.383. The minimum absolute atomic E-state index is 0.673. The Kier molecular flexibility index (Phi) is 4.10. The van der Waals surface area contributed by atoms with Gasteiger partial charge in [-0.15, -0.1) is 0 Å². The molecule has 1 aliphatic rings. The zero-order valence-corrected chi connectivity index (χ0v) is 11.5. The van der Waals surface area contributed by atoms with Crippen LogP contribution in [0.5, 0.6) is 0 Å². The standard InChI is InChI=1S/C13H22ClN3/c1-3-17-12(13(14)9(2)16-17)7-10-5-4-6-11(10)8-15/h10-11H,3-8,15H2,1-2H3. The van der Waals surface area contributed by atoms with Crippen LogP contribution in [0.1, 0.15) is 37.6 Å². The highest BCUT2D eigenvalue weighted by Crippen LogP contribution is 2.35. The van der Waals surface area contributed by atoms with E-state index in [0.29, 0.717) is 11.8 Å². The molecule has 1 fully saturated rings. The molecule has 0 amide bonds. The smallest absolute Gasteiger partial charge is 0.0847 e. The van der Waals surface area contributed by atoms with E-state index in [1.807, 2.05) is 11.6 Å². The quantitative estimate of drug-likeness (QED) is 0.899. The highest BCUT2D eigenvalue weighted by molar-refractivity contribution is 6.31. The fourth-order valence-electron chi connectivity index (χ4n) is 3.01. The molecule has 1 aromatic heterocycles. The third-order valence-corrected chi connectivity index (χ3v) is 4.52. The Balaban J connectivity index is 2.17. The number of rotatable bonds is 4. The van der Waals surface area contributed by atoms with Crippen molar-refractivity contribution in [2.24, 2.45) is 17.6 Å². The summed E-state index contributed by atoms with van der Waals surface area (Å²) in [5.74, 6) is 1.37. The molecule has 0 bridgehead atoms. The molecular weight excluding hydrogens is 234 g/mol. The van der Waals surface area contributed by atoms with Crippen molar-refractivity contribution in [1.29, 1.82) is 0 Å². The summed E-state index contributed by atoms with van der Waals surface area (Å²) in [5.41, 5.74) is 7.99. The van der Waals surface area contributed by atoms with Gasteiger partial charge in [-0.05, 0) is 51.5 Å². The first-order valence-electron chi connectivity index (χ1n) is 6.59. The summed E-state index contributed by atoms with van der Waals surface area (Å²) in [6.07, 6.45) is 4.91. The van der Waals surface area contributed by atoms with Gasteiger partial charge in [-0.2, -0.15) is 5.10 Å². The molecule has 0 aliphatic heterocycles. The summed E-state index contributed by atoms with van der Waals surface area (Å²) in [4.78, 5) is 0. The highest BCUT2D eigenvalue weighted by atomic mass is 35.5. The average molecular weight is 256 g/mol. The van der Waals surface area contributed by atoms with Crippen LogP contribution in [0, 0.1) is 18.8 Å². The van der Waals surface area contributed by atoms with Crippen LogP contribution < -0.4 is 5.73 Å². The van der Waals surface area contributed by atoms with Crippen LogP contribution in [0.25, 0.3) is 0 Å². The van der Waals surface area contributed by atoms with Gasteiger partial charge in [0.25, 0.3) is 0 Å². The number of nitrogens with two attached hydrogens (primary N) is 1. The first-order valence-corrected chi connectivity index (χ1v) is 6.97. The Morgan fingerprint density at radius 3 is 2.76 bits per heavy atom. The summed E-state index contributed by atoms with van der Waals surface area (Å²) in [6, 6.07) is 0. The third kappa shape index (κ3) is 2.50. The summed E-state index contributed by atoms with van der Waals surface area (Å²) in [6.45, 7) is 5.79. The van der Waals surface area contributed by atoms with Crippen LogP contribution >= 0.6 is 11.6 Å². The molecule has 1 aliphatic carbocycles. The van der Waals surface area contributed by atoms with E-state index in [2.05, 4.69) is 12.0 Å². The van der Waals surface area contributed by atoms with E-state index in [1.165, 1.54) is 25.0 Å². The van der Waals surface area contributed by atoms with Crippen molar-refractivity contribution in [3.05, 3.63) is 16.4 Å². The van der Waals surface area contributed by atoms with E-state index in [4.69, 9.17) is 17.3 Å². The van der Waals surface area contributed by atoms with Gasteiger partial charge in [0.05, 0.1) is 16.4 Å². The first kappa shape index (κ1) is 12.9. The molecular formula is C13H22ClN3. The van der Waals surface area contributed by atoms with Gasteiger partial charge >= 0.3 is 0 Å². The zero-order chi connectivity index (χ0) is 12.4. The Bertz CT molecular complexity index is 386. The molecule has 2 atom stereocenters. The molecule has 1 aromatic rings. The van der Waals surface area contributed by atoms with Gasteiger partial charge in [-0.1, -0.05) is 18.0 Å². The van der Waals surface area contributed by atoms with Gasteiger partial charge in [-0.25, -0.2) is 0 Å². The molecule has 17 heavy (non-hydrogen) atoms. The molecule has 4 heteroatoms. The van der Waals surface area contributed by atoms with Gasteiger partial charge in [0.1, 0.15) is 0 Å². The Hall–Kier alpha value is -0.540. The molecule has 3 nitrogen and oxygen atoms in total. The predicted octanol–water partition coefficient (Wildman–Crippen LogP) is 2.78. The number of hydrogen-bond acceptors (Lipinski definition) is 2. The van der Waals surface area contributed by atoms with Crippen LogP contribution in [0.15, 0.2) is 0 Å². The minimum Gasteiger partial charge on any atom is -0.330 e. The molecule has 0 saturated heterocycles. The Morgan fingerprint density at radius 1 is 1.41 bits per heavy atom. The fourth-order valence-corrected chi connectivity index (χ4v) is 3.22. The molecule has 0 aromatic carbocycles. The fraction of sp³-hybridized carbons (Fsp3) is 0.769. The molecule has 0 radical (unpaired) electrons. The number of nitrogens with zero attached hydrogens (tertiary/aromatic N) is 2. The molecule has 96 valence electrons. The highest BCUT2D eigenvalue weighted by Gasteiger charge is 2.28. The van der Waals surface area contributed by atoms with Crippen molar-refractivity contribution in [2.75, 3.05) is 6.54 Å². The predicted molar refractivity (Wildman–Crippen MR) is 71.2 cm³/mol. The van der Waals surface area contributed by atoms with Crippen LogP contribution in [0.3, 0.4) is 0 Å². The topological polar surface area (TPSA) is 43.8 Å². The Labute approximate surface area is 108 Å². The molecule has 2 N–H and O–H groups in total. The maximum Gasteiger partial charge on any atom is 0.0847 e. The van der Waals surface area contributed by atoms with Gasteiger partial charge < -0.3 is 5.73 Å². The minimum atomic E-state index is 0.673. The molecule has 2 rings (SSSR count). The van der Waals surface area contributed by atoms with E-state index in [-0.39, 0.29) is 0 Å². The van der Waals surface area contributed by atoms with E-state index >= 15 is 0 Å². The van der Waals surface area contributed by atoms with Crippen LogP contribution in [0.4, 0.5) is 0 Å². The van der Waals surface area contributed by atoms with Crippen molar-refractivity contribution >= 4 is 11.6 Å². The first-order chi connectivity index (χ1) is 8.17. The second-order valence-electron chi connectivity index (χ2n) is 5.05.